The van der Waals surface area contributed by atoms with E-state index in [2.05, 4.69) is 10.2 Å². The number of rotatable bonds is 4. The summed E-state index contributed by atoms with van der Waals surface area (Å²) < 4.78 is 19.4. The van der Waals surface area contributed by atoms with Crippen LogP contribution in [0.3, 0.4) is 0 Å². The van der Waals surface area contributed by atoms with Gasteiger partial charge in [-0.05, 0) is 37.5 Å². The zero-order valence-electron chi connectivity index (χ0n) is 15.8. The Hall–Kier alpha value is -2.90. The summed E-state index contributed by atoms with van der Waals surface area (Å²) in [6, 6.07) is 4.56. The molecule has 0 saturated carbocycles. The number of likely N-dealkylation sites (tertiary alicyclic amines) is 2. The maximum Gasteiger partial charge on any atom is 0.257 e. The van der Waals surface area contributed by atoms with E-state index in [1.807, 2.05) is 0 Å². The van der Waals surface area contributed by atoms with Crippen LogP contribution in [-0.4, -0.2) is 58.6 Å². The molecule has 2 saturated heterocycles. The van der Waals surface area contributed by atoms with Gasteiger partial charge in [-0.25, -0.2) is 4.39 Å². The summed E-state index contributed by atoms with van der Waals surface area (Å²) in [5.74, 6) is 0.0996. The second-order valence-corrected chi connectivity index (χ2v) is 7.53. The Balaban J connectivity index is 1.50. The van der Waals surface area contributed by atoms with E-state index in [-0.39, 0.29) is 24.2 Å². The highest BCUT2D eigenvalue weighted by Gasteiger charge is 2.49. The van der Waals surface area contributed by atoms with E-state index in [4.69, 9.17) is 4.74 Å². The Kier molecular flexibility index (Phi) is 4.78. The number of aromatic amines is 1. The Morgan fingerprint density at radius 3 is 2.96 bits per heavy atom. The molecule has 2 aromatic rings. The fraction of sp³-hybridized carbons (Fsp3) is 0.450. The number of carbonyl (C=O) groups is 2. The van der Waals surface area contributed by atoms with Crippen molar-refractivity contribution in [3.8, 4) is 5.75 Å². The molecule has 8 heteroatoms. The molecule has 1 N–H and O–H groups in total. The maximum absolute atomic E-state index is 14.2. The summed E-state index contributed by atoms with van der Waals surface area (Å²) in [4.78, 5) is 29.3. The van der Waals surface area contributed by atoms with Gasteiger partial charge in [0.05, 0.1) is 24.3 Å². The van der Waals surface area contributed by atoms with E-state index < -0.39 is 5.41 Å². The Morgan fingerprint density at radius 2 is 2.21 bits per heavy atom. The van der Waals surface area contributed by atoms with Crippen LogP contribution in [0.15, 0.2) is 30.6 Å². The zero-order valence-corrected chi connectivity index (χ0v) is 15.8. The zero-order chi connectivity index (χ0) is 19.7. The largest absolute Gasteiger partial charge is 0.497 e. The molecule has 0 aliphatic carbocycles. The van der Waals surface area contributed by atoms with Crippen LogP contribution in [-0.2, 0) is 11.3 Å². The van der Waals surface area contributed by atoms with Gasteiger partial charge in [-0.3, -0.25) is 14.7 Å². The van der Waals surface area contributed by atoms with Crippen LogP contribution in [0.5, 0.6) is 5.75 Å². The van der Waals surface area contributed by atoms with Gasteiger partial charge in [0.15, 0.2) is 0 Å². The van der Waals surface area contributed by atoms with E-state index in [0.29, 0.717) is 42.9 Å². The Bertz CT molecular complexity index is 886. The van der Waals surface area contributed by atoms with Crippen LogP contribution in [0.4, 0.5) is 4.39 Å². The molecule has 1 aromatic carbocycles. The van der Waals surface area contributed by atoms with Gasteiger partial charge in [-0.1, -0.05) is 0 Å². The van der Waals surface area contributed by atoms with Crippen molar-refractivity contribution >= 4 is 11.8 Å². The highest BCUT2D eigenvalue weighted by atomic mass is 19.1. The number of halogens is 1. The first-order valence-corrected chi connectivity index (χ1v) is 9.42. The molecule has 148 valence electrons. The first kappa shape index (κ1) is 18.5. The highest BCUT2D eigenvalue weighted by Crippen LogP contribution is 2.41. The van der Waals surface area contributed by atoms with Crippen molar-refractivity contribution in [1.82, 2.24) is 20.0 Å². The minimum atomic E-state index is -0.576. The van der Waals surface area contributed by atoms with Crippen molar-refractivity contribution in [3.05, 3.63) is 47.5 Å². The van der Waals surface area contributed by atoms with Gasteiger partial charge >= 0.3 is 0 Å². The third-order valence-corrected chi connectivity index (χ3v) is 5.82. The Morgan fingerprint density at radius 1 is 1.36 bits per heavy atom. The Labute approximate surface area is 162 Å². The minimum absolute atomic E-state index is 0.00321. The molecule has 2 aliphatic rings. The number of methoxy groups -OCH3 is 1. The number of amides is 2. The lowest BCUT2D eigenvalue weighted by molar-refractivity contribution is -0.146. The van der Waals surface area contributed by atoms with Crippen LogP contribution in [0.2, 0.25) is 0 Å². The predicted molar refractivity (Wildman–Crippen MR) is 99.1 cm³/mol. The predicted octanol–water partition coefficient (Wildman–Crippen LogP) is 2.21. The highest BCUT2D eigenvalue weighted by molar-refractivity contribution is 5.95. The number of nitrogens with one attached hydrogen (secondary N) is 1. The van der Waals surface area contributed by atoms with Crippen LogP contribution >= 0.6 is 0 Å². The fourth-order valence-electron chi connectivity index (χ4n) is 4.28. The molecule has 1 spiro atoms. The van der Waals surface area contributed by atoms with E-state index in [9.17, 15) is 14.0 Å². The normalized spacial score (nSPS) is 22.1. The quantitative estimate of drug-likeness (QED) is 0.874. The second kappa shape index (κ2) is 7.26. The van der Waals surface area contributed by atoms with Gasteiger partial charge < -0.3 is 14.5 Å². The van der Waals surface area contributed by atoms with Crippen molar-refractivity contribution in [2.24, 2.45) is 5.41 Å². The number of piperidine rings is 1. The summed E-state index contributed by atoms with van der Waals surface area (Å²) in [7, 11) is 1.53. The number of carbonyl (C=O) groups excluding carboxylic acids is 2. The number of H-pyrrole nitrogens is 1. The molecule has 3 heterocycles. The van der Waals surface area contributed by atoms with E-state index in [1.54, 1.807) is 28.1 Å². The summed E-state index contributed by atoms with van der Waals surface area (Å²) >= 11 is 0. The van der Waals surface area contributed by atoms with Crippen molar-refractivity contribution in [3.63, 3.8) is 0 Å². The van der Waals surface area contributed by atoms with Crippen LogP contribution < -0.4 is 4.74 Å². The lowest BCUT2D eigenvalue weighted by Crippen LogP contribution is -2.50. The van der Waals surface area contributed by atoms with Crippen molar-refractivity contribution < 1.29 is 18.7 Å². The fourth-order valence-corrected chi connectivity index (χ4v) is 4.28. The van der Waals surface area contributed by atoms with Crippen molar-refractivity contribution in [2.45, 2.75) is 25.8 Å². The summed E-state index contributed by atoms with van der Waals surface area (Å²) in [5.41, 5.74) is 0.359. The van der Waals surface area contributed by atoms with Gasteiger partial charge in [0.1, 0.15) is 11.6 Å². The smallest absolute Gasteiger partial charge is 0.257 e. The molecule has 0 radical (unpaired) electrons. The van der Waals surface area contributed by atoms with Gasteiger partial charge in [0.2, 0.25) is 5.91 Å². The number of benzene rings is 1. The van der Waals surface area contributed by atoms with Gasteiger partial charge in [-0.2, -0.15) is 5.10 Å². The number of nitrogens with zero attached hydrogens (tertiary/aromatic N) is 3. The average molecular weight is 386 g/mol. The lowest BCUT2D eigenvalue weighted by atomic mass is 9.78. The maximum atomic E-state index is 14.2. The number of aromatic nitrogens is 2. The van der Waals surface area contributed by atoms with E-state index >= 15 is 0 Å². The third kappa shape index (κ3) is 3.23. The second-order valence-electron chi connectivity index (χ2n) is 7.53. The molecule has 0 bridgehead atoms. The number of hydrogen-bond donors (Lipinski definition) is 1. The molecule has 28 heavy (non-hydrogen) atoms. The SMILES string of the molecule is COc1ccc(F)c(CN2CCCC3(CCN(C(=O)c4cn[nH]c4)C3)C2=O)c1. The standard InChI is InChI=1S/C20H23FN4O3/c1-28-16-3-4-17(21)14(9-16)12-24-7-2-5-20(19(24)27)6-8-25(13-20)18(26)15-10-22-23-11-15/h3-4,9-11H,2,5-8,12-13H2,1H3,(H,22,23). The molecule has 7 nitrogen and oxygen atoms in total. The molecule has 2 aliphatic heterocycles. The van der Waals surface area contributed by atoms with Gasteiger partial charge in [0, 0.05) is 37.9 Å². The molecule has 4 rings (SSSR count). The third-order valence-electron chi connectivity index (χ3n) is 5.82. The first-order chi connectivity index (χ1) is 13.5. The van der Waals surface area contributed by atoms with Crippen molar-refractivity contribution in [2.75, 3.05) is 26.7 Å². The van der Waals surface area contributed by atoms with Crippen LogP contribution in [0.25, 0.3) is 0 Å². The lowest BCUT2D eigenvalue weighted by Gasteiger charge is -2.39. The molecular weight excluding hydrogens is 363 g/mol. The summed E-state index contributed by atoms with van der Waals surface area (Å²) in [5, 5.41) is 6.47. The van der Waals surface area contributed by atoms with Gasteiger partial charge in [0.25, 0.3) is 5.91 Å². The first-order valence-electron chi connectivity index (χ1n) is 9.42. The molecule has 2 fully saturated rings. The van der Waals surface area contributed by atoms with E-state index in [0.717, 1.165) is 12.8 Å². The van der Waals surface area contributed by atoms with E-state index in [1.165, 1.54) is 19.4 Å². The molecular formula is C20H23FN4O3. The monoisotopic (exact) mass is 386 g/mol. The average Bonchev–Trinajstić information content (AvgIpc) is 3.38. The minimum Gasteiger partial charge on any atom is -0.497 e. The number of ether oxygens (including phenoxy) is 1. The topological polar surface area (TPSA) is 78.5 Å². The van der Waals surface area contributed by atoms with Crippen LogP contribution in [0, 0.1) is 11.2 Å². The summed E-state index contributed by atoms with van der Waals surface area (Å²) in [6.45, 7) is 1.73. The molecule has 1 atom stereocenters. The summed E-state index contributed by atoms with van der Waals surface area (Å²) in [6.07, 6.45) is 5.28. The molecule has 1 unspecified atom stereocenters. The van der Waals surface area contributed by atoms with Crippen molar-refractivity contribution in [1.29, 1.82) is 0 Å². The van der Waals surface area contributed by atoms with Crippen LogP contribution in [0.1, 0.15) is 35.2 Å². The number of hydrogen-bond acceptors (Lipinski definition) is 4. The van der Waals surface area contributed by atoms with Gasteiger partial charge in [-0.15, -0.1) is 0 Å². The molecule has 1 aromatic heterocycles. The molecule has 2 amide bonds.